The Bertz CT molecular complexity index is 512. The summed E-state index contributed by atoms with van der Waals surface area (Å²) in [6.45, 7) is 1.84. The fourth-order valence-corrected chi connectivity index (χ4v) is 1.38. The molecule has 0 amide bonds. The fourth-order valence-electron chi connectivity index (χ4n) is 1.38. The van der Waals surface area contributed by atoms with E-state index in [1.165, 1.54) is 6.33 Å². The summed E-state index contributed by atoms with van der Waals surface area (Å²) in [4.78, 5) is 8.04. The van der Waals surface area contributed by atoms with Gasteiger partial charge in [-0.1, -0.05) is 0 Å². The minimum Gasteiger partial charge on any atom is -0.481 e. The zero-order valence-corrected chi connectivity index (χ0v) is 9.68. The van der Waals surface area contributed by atoms with Crippen LogP contribution in [0.25, 0.3) is 0 Å². The number of nitrogen functional groups attached to an aromatic ring is 1. The first kappa shape index (κ1) is 11.2. The zero-order valence-electron chi connectivity index (χ0n) is 9.68. The van der Waals surface area contributed by atoms with Crippen molar-refractivity contribution in [3.8, 4) is 17.5 Å². The van der Waals surface area contributed by atoms with Crippen LogP contribution in [0, 0.1) is 6.92 Å². The lowest BCUT2D eigenvalue weighted by molar-refractivity contribution is 0.382. The highest BCUT2D eigenvalue weighted by Crippen LogP contribution is 2.27. The molecule has 0 bridgehead atoms. The van der Waals surface area contributed by atoms with Crippen molar-refractivity contribution in [3.05, 3.63) is 36.2 Å². The van der Waals surface area contributed by atoms with Crippen molar-refractivity contribution < 1.29 is 9.47 Å². The lowest BCUT2D eigenvalue weighted by atomic mass is 10.3. The molecule has 0 fully saturated rings. The Hall–Kier alpha value is -2.30. The van der Waals surface area contributed by atoms with Crippen molar-refractivity contribution in [1.82, 2.24) is 9.97 Å². The quantitative estimate of drug-likeness (QED) is 0.820. The minimum absolute atomic E-state index is 0.474. The first-order chi connectivity index (χ1) is 8.20. The number of methoxy groups -OCH3 is 1. The van der Waals surface area contributed by atoms with Crippen LogP contribution < -0.4 is 15.2 Å². The number of aromatic nitrogens is 2. The molecule has 88 valence electrons. The standard InChI is InChI=1S/C12H13N3O2/c1-8-11(16-2)14-7-15-12(8)17-10-5-3-9(13)4-6-10/h3-7H,13H2,1-2H3. The molecular weight excluding hydrogens is 218 g/mol. The van der Waals surface area contributed by atoms with Gasteiger partial charge in [0.25, 0.3) is 0 Å². The number of anilines is 1. The Balaban J connectivity index is 2.27. The van der Waals surface area contributed by atoms with Gasteiger partial charge < -0.3 is 15.2 Å². The molecule has 0 spiro atoms. The van der Waals surface area contributed by atoms with Gasteiger partial charge in [-0.15, -0.1) is 0 Å². The van der Waals surface area contributed by atoms with Crippen molar-refractivity contribution in [1.29, 1.82) is 0 Å². The third-order valence-electron chi connectivity index (χ3n) is 2.28. The van der Waals surface area contributed by atoms with Gasteiger partial charge in [-0.05, 0) is 31.2 Å². The van der Waals surface area contributed by atoms with Gasteiger partial charge in [-0.2, -0.15) is 0 Å². The van der Waals surface area contributed by atoms with Crippen LogP contribution in [-0.4, -0.2) is 17.1 Å². The van der Waals surface area contributed by atoms with E-state index in [0.717, 1.165) is 5.56 Å². The zero-order chi connectivity index (χ0) is 12.3. The van der Waals surface area contributed by atoms with Crippen molar-refractivity contribution >= 4 is 5.69 Å². The van der Waals surface area contributed by atoms with Crippen LogP contribution in [0.15, 0.2) is 30.6 Å². The number of ether oxygens (including phenoxy) is 2. The molecule has 0 saturated carbocycles. The van der Waals surface area contributed by atoms with Crippen molar-refractivity contribution in [3.63, 3.8) is 0 Å². The highest BCUT2D eigenvalue weighted by Gasteiger charge is 2.09. The van der Waals surface area contributed by atoms with Crippen LogP contribution in [0.3, 0.4) is 0 Å². The average Bonchev–Trinajstić information content (AvgIpc) is 2.35. The second-order valence-corrected chi connectivity index (χ2v) is 3.48. The highest BCUT2D eigenvalue weighted by atomic mass is 16.5. The predicted octanol–water partition coefficient (Wildman–Crippen LogP) is 2.17. The largest absolute Gasteiger partial charge is 0.481 e. The monoisotopic (exact) mass is 231 g/mol. The predicted molar refractivity (Wildman–Crippen MR) is 64.2 cm³/mol. The van der Waals surface area contributed by atoms with E-state index in [1.807, 2.05) is 6.92 Å². The van der Waals surface area contributed by atoms with Gasteiger partial charge in [0.1, 0.15) is 12.1 Å². The van der Waals surface area contributed by atoms with Crippen LogP contribution in [0.4, 0.5) is 5.69 Å². The summed E-state index contributed by atoms with van der Waals surface area (Å²) in [7, 11) is 1.56. The molecule has 0 aliphatic carbocycles. The van der Waals surface area contributed by atoms with Gasteiger partial charge in [0.2, 0.25) is 11.8 Å². The number of nitrogens with two attached hydrogens (primary N) is 1. The molecule has 1 aromatic heterocycles. The van der Waals surface area contributed by atoms with Crippen LogP contribution in [0.1, 0.15) is 5.56 Å². The topological polar surface area (TPSA) is 70.3 Å². The number of hydrogen-bond acceptors (Lipinski definition) is 5. The molecule has 0 radical (unpaired) electrons. The molecule has 0 aliphatic rings. The first-order valence-electron chi connectivity index (χ1n) is 5.09. The minimum atomic E-state index is 0.474. The van der Waals surface area contributed by atoms with E-state index in [0.29, 0.717) is 23.2 Å². The van der Waals surface area contributed by atoms with Gasteiger partial charge in [0.05, 0.1) is 12.7 Å². The molecule has 5 heteroatoms. The normalized spacial score (nSPS) is 10.0. The van der Waals surface area contributed by atoms with Crippen molar-refractivity contribution in [2.24, 2.45) is 0 Å². The second-order valence-electron chi connectivity index (χ2n) is 3.48. The van der Waals surface area contributed by atoms with Gasteiger partial charge in [0, 0.05) is 5.69 Å². The van der Waals surface area contributed by atoms with E-state index in [1.54, 1.807) is 31.4 Å². The molecule has 5 nitrogen and oxygen atoms in total. The maximum absolute atomic E-state index is 5.62. The van der Waals surface area contributed by atoms with E-state index in [4.69, 9.17) is 15.2 Å². The van der Waals surface area contributed by atoms with E-state index in [9.17, 15) is 0 Å². The molecule has 2 N–H and O–H groups in total. The van der Waals surface area contributed by atoms with Crippen LogP contribution in [0.2, 0.25) is 0 Å². The van der Waals surface area contributed by atoms with Crippen LogP contribution in [-0.2, 0) is 0 Å². The SMILES string of the molecule is COc1ncnc(Oc2ccc(N)cc2)c1C. The molecule has 1 heterocycles. The van der Waals surface area contributed by atoms with E-state index in [2.05, 4.69) is 9.97 Å². The maximum atomic E-state index is 5.62. The molecule has 0 aliphatic heterocycles. The molecule has 0 atom stereocenters. The molecule has 0 saturated heterocycles. The summed E-state index contributed by atoms with van der Waals surface area (Å²) in [5.41, 5.74) is 7.04. The third kappa shape index (κ3) is 2.44. The summed E-state index contributed by atoms with van der Waals surface area (Å²) in [5.74, 6) is 1.65. The Morgan fingerprint density at radius 1 is 1.06 bits per heavy atom. The number of benzene rings is 1. The molecule has 1 aromatic carbocycles. The Morgan fingerprint density at radius 2 is 1.71 bits per heavy atom. The number of rotatable bonds is 3. The van der Waals surface area contributed by atoms with E-state index >= 15 is 0 Å². The molecular formula is C12H13N3O2. The molecule has 17 heavy (non-hydrogen) atoms. The summed E-state index contributed by atoms with van der Waals surface area (Å²) < 4.78 is 10.7. The number of nitrogens with zero attached hydrogens (tertiary/aromatic N) is 2. The van der Waals surface area contributed by atoms with Gasteiger partial charge in [-0.25, -0.2) is 9.97 Å². The van der Waals surface area contributed by atoms with Gasteiger partial charge >= 0.3 is 0 Å². The lowest BCUT2D eigenvalue weighted by Gasteiger charge is -2.09. The van der Waals surface area contributed by atoms with Gasteiger partial charge in [0.15, 0.2) is 0 Å². The summed E-state index contributed by atoms with van der Waals surface area (Å²) in [6, 6.07) is 7.10. The average molecular weight is 231 g/mol. The Labute approximate surface area is 99.2 Å². The first-order valence-corrected chi connectivity index (χ1v) is 5.09. The molecule has 0 unspecified atom stereocenters. The van der Waals surface area contributed by atoms with Gasteiger partial charge in [-0.3, -0.25) is 0 Å². The van der Waals surface area contributed by atoms with Crippen molar-refractivity contribution in [2.75, 3.05) is 12.8 Å². The van der Waals surface area contributed by atoms with E-state index < -0.39 is 0 Å². The summed E-state index contributed by atoms with van der Waals surface area (Å²) in [6.07, 6.45) is 1.40. The molecule has 2 aromatic rings. The van der Waals surface area contributed by atoms with E-state index in [-0.39, 0.29) is 0 Å². The fraction of sp³-hybridized carbons (Fsp3) is 0.167. The summed E-state index contributed by atoms with van der Waals surface area (Å²) >= 11 is 0. The Kier molecular flexibility index (Phi) is 3.09. The van der Waals surface area contributed by atoms with Crippen molar-refractivity contribution in [2.45, 2.75) is 6.92 Å². The van der Waals surface area contributed by atoms with Crippen LogP contribution >= 0.6 is 0 Å². The number of hydrogen-bond donors (Lipinski definition) is 1. The lowest BCUT2D eigenvalue weighted by Crippen LogP contribution is -1.97. The summed E-state index contributed by atoms with van der Waals surface area (Å²) in [5, 5.41) is 0. The second kappa shape index (κ2) is 4.69. The molecule has 2 rings (SSSR count). The van der Waals surface area contributed by atoms with Crippen LogP contribution in [0.5, 0.6) is 17.5 Å². The Morgan fingerprint density at radius 3 is 2.35 bits per heavy atom. The maximum Gasteiger partial charge on any atom is 0.229 e. The third-order valence-corrected chi connectivity index (χ3v) is 2.28. The smallest absolute Gasteiger partial charge is 0.229 e. The highest BCUT2D eigenvalue weighted by molar-refractivity contribution is 5.43.